The van der Waals surface area contributed by atoms with E-state index in [0.717, 1.165) is 32.4 Å². The van der Waals surface area contributed by atoms with Crippen LogP contribution in [0.4, 0.5) is 4.79 Å². The minimum atomic E-state index is -0.416. The van der Waals surface area contributed by atoms with E-state index >= 15 is 0 Å². The maximum absolute atomic E-state index is 12.0. The number of piperidine rings is 1. The summed E-state index contributed by atoms with van der Waals surface area (Å²) in [5, 5.41) is 3.71. The number of rotatable bonds is 2. The van der Waals surface area contributed by atoms with Gasteiger partial charge in [-0.25, -0.2) is 4.79 Å². The second-order valence-corrected chi connectivity index (χ2v) is 7.46. The van der Waals surface area contributed by atoms with Gasteiger partial charge < -0.3 is 20.7 Å². The number of carbonyl (C=O) groups is 1. The fraction of sp³-hybridized carbons (Fsp3) is 0.938. The predicted molar refractivity (Wildman–Crippen MR) is 84.2 cm³/mol. The Balaban J connectivity index is 1.74. The Kier molecular flexibility index (Phi) is 5.49. The highest BCUT2D eigenvalue weighted by molar-refractivity contribution is 5.68. The van der Waals surface area contributed by atoms with Gasteiger partial charge in [-0.1, -0.05) is 12.8 Å². The average Bonchev–Trinajstić information content (AvgIpc) is 2.40. The normalized spacial score (nSPS) is 28.5. The molecule has 1 aliphatic carbocycles. The summed E-state index contributed by atoms with van der Waals surface area (Å²) in [5.74, 6) is 0. The molecule has 122 valence electrons. The lowest BCUT2D eigenvalue weighted by Crippen LogP contribution is -2.54. The van der Waals surface area contributed by atoms with Crippen LogP contribution in [0.15, 0.2) is 0 Å². The molecule has 1 saturated heterocycles. The minimum absolute atomic E-state index is 0.185. The van der Waals surface area contributed by atoms with Gasteiger partial charge in [0, 0.05) is 31.2 Å². The fourth-order valence-corrected chi connectivity index (χ4v) is 3.22. The molecular formula is C16H31N3O2. The molecule has 2 rings (SSSR count). The van der Waals surface area contributed by atoms with Gasteiger partial charge in [0.15, 0.2) is 0 Å². The van der Waals surface area contributed by atoms with Gasteiger partial charge in [0.2, 0.25) is 0 Å². The quantitative estimate of drug-likeness (QED) is 0.820. The van der Waals surface area contributed by atoms with E-state index in [9.17, 15) is 4.79 Å². The molecule has 0 bridgehead atoms. The lowest BCUT2D eigenvalue weighted by atomic mass is 9.89. The topological polar surface area (TPSA) is 67.6 Å². The van der Waals surface area contributed by atoms with Gasteiger partial charge in [-0.05, 0) is 46.5 Å². The number of nitrogens with zero attached hydrogens (tertiary/aromatic N) is 1. The Morgan fingerprint density at radius 3 is 2.33 bits per heavy atom. The summed E-state index contributed by atoms with van der Waals surface area (Å²) >= 11 is 0. The molecule has 5 nitrogen and oxygen atoms in total. The molecule has 1 aliphatic heterocycles. The first-order chi connectivity index (χ1) is 9.85. The molecule has 1 amide bonds. The number of hydrogen-bond donors (Lipinski definition) is 2. The van der Waals surface area contributed by atoms with Crippen LogP contribution >= 0.6 is 0 Å². The van der Waals surface area contributed by atoms with Crippen LogP contribution in [-0.4, -0.2) is 47.8 Å². The largest absolute Gasteiger partial charge is 0.444 e. The van der Waals surface area contributed by atoms with Crippen LogP contribution < -0.4 is 11.1 Å². The number of carbonyl (C=O) groups excluding carboxylic acids is 1. The van der Waals surface area contributed by atoms with Crippen molar-refractivity contribution in [2.45, 2.75) is 83.0 Å². The van der Waals surface area contributed by atoms with Crippen molar-refractivity contribution < 1.29 is 9.53 Å². The molecule has 5 heteroatoms. The van der Waals surface area contributed by atoms with Gasteiger partial charge in [-0.3, -0.25) is 0 Å². The third-order valence-corrected chi connectivity index (χ3v) is 4.42. The molecule has 0 aromatic heterocycles. The SMILES string of the molecule is CC(C)(C)OC(=O)N1CCC(N[C@H]2CCCCC2N)CC1. The third-order valence-electron chi connectivity index (χ3n) is 4.42. The van der Waals surface area contributed by atoms with Gasteiger partial charge in [-0.15, -0.1) is 0 Å². The number of hydrogen-bond acceptors (Lipinski definition) is 4. The molecular weight excluding hydrogens is 266 g/mol. The van der Waals surface area contributed by atoms with Crippen molar-refractivity contribution in [3.8, 4) is 0 Å². The monoisotopic (exact) mass is 297 g/mol. The van der Waals surface area contributed by atoms with E-state index in [-0.39, 0.29) is 6.09 Å². The summed E-state index contributed by atoms with van der Waals surface area (Å²) in [6.07, 6.45) is 6.65. The van der Waals surface area contributed by atoms with Crippen LogP contribution in [0.5, 0.6) is 0 Å². The molecule has 2 atom stereocenters. The molecule has 21 heavy (non-hydrogen) atoms. The van der Waals surface area contributed by atoms with Crippen molar-refractivity contribution >= 4 is 6.09 Å². The van der Waals surface area contributed by atoms with Crippen molar-refractivity contribution in [1.29, 1.82) is 0 Å². The molecule has 0 spiro atoms. The van der Waals surface area contributed by atoms with Crippen LogP contribution in [0.1, 0.15) is 59.3 Å². The van der Waals surface area contributed by atoms with Crippen LogP contribution in [-0.2, 0) is 4.74 Å². The predicted octanol–water partition coefficient (Wildman–Crippen LogP) is 2.25. The van der Waals surface area contributed by atoms with Gasteiger partial charge in [0.25, 0.3) is 0 Å². The Bertz CT molecular complexity index is 346. The summed E-state index contributed by atoms with van der Waals surface area (Å²) in [6.45, 7) is 7.26. The first-order valence-corrected chi connectivity index (χ1v) is 8.35. The van der Waals surface area contributed by atoms with Gasteiger partial charge in [-0.2, -0.15) is 0 Å². The smallest absolute Gasteiger partial charge is 0.410 e. The zero-order chi connectivity index (χ0) is 15.5. The number of amides is 1. The minimum Gasteiger partial charge on any atom is -0.444 e. The highest BCUT2D eigenvalue weighted by Crippen LogP contribution is 2.20. The van der Waals surface area contributed by atoms with Crippen molar-refractivity contribution in [2.75, 3.05) is 13.1 Å². The molecule has 0 radical (unpaired) electrons. The maximum Gasteiger partial charge on any atom is 0.410 e. The summed E-state index contributed by atoms with van der Waals surface area (Å²) in [4.78, 5) is 13.8. The third kappa shape index (κ3) is 5.15. The van der Waals surface area contributed by atoms with Crippen LogP contribution in [0.3, 0.4) is 0 Å². The lowest BCUT2D eigenvalue weighted by Gasteiger charge is -2.38. The van der Waals surface area contributed by atoms with E-state index in [2.05, 4.69) is 5.32 Å². The van der Waals surface area contributed by atoms with Gasteiger partial charge in [0.1, 0.15) is 5.60 Å². The van der Waals surface area contributed by atoms with Crippen LogP contribution in [0, 0.1) is 0 Å². The van der Waals surface area contributed by atoms with Crippen molar-refractivity contribution in [3.63, 3.8) is 0 Å². The van der Waals surface area contributed by atoms with Crippen LogP contribution in [0.25, 0.3) is 0 Å². The first-order valence-electron chi connectivity index (χ1n) is 8.35. The zero-order valence-electron chi connectivity index (χ0n) is 13.7. The second kappa shape index (κ2) is 6.97. The highest BCUT2D eigenvalue weighted by atomic mass is 16.6. The number of nitrogens with two attached hydrogens (primary N) is 1. The van der Waals surface area contributed by atoms with E-state index < -0.39 is 5.60 Å². The Labute approximate surface area is 128 Å². The molecule has 2 aliphatic rings. The standard InChI is InChI=1S/C16H31N3O2/c1-16(2,3)21-15(20)19-10-8-12(9-11-19)18-14-7-5-4-6-13(14)17/h12-14,18H,4-11,17H2,1-3H3/t13?,14-/m0/s1. The van der Waals surface area contributed by atoms with Crippen molar-refractivity contribution in [2.24, 2.45) is 5.73 Å². The van der Waals surface area contributed by atoms with Crippen molar-refractivity contribution in [1.82, 2.24) is 10.2 Å². The summed E-state index contributed by atoms with van der Waals surface area (Å²) in [5.41, 5.74) is 5.78. The zero-order valence-corrected chi connectivity index (χ0v) is 13.7. The average molecular weight is 297 g/mol. The fourth-order valence-electron chi connectivity index (χ4n) is 3.22. The molecule has 2 fully saturated rings. The Morgan fingerprint density at radius 1 is 1.14 bits per heavy atom. The van der Waals surface area contributed by atoms with Gasteiger partial charge >= 0.3 is 6.09 Å². The van der Waals surface area contributed by atoms with E-state index in [1.54, 1.807) is 0 Å². The molecule has 1 heterocycles. The first kappa shape index (κ1) is 16.6. The molecule has 1 unspecified atom stereocenters. The molecule has 0 aromatic carbocycles. The Morgan fingerprint density at radius 2 is 1.76 bits per heavy atom. The molecule has 1 saturated carbocycles. The Hall–Kier alpha value is -0.810. The maximum atomic E-state index is 12.0. The molecule has 0 aromatic rings. The number of ether oxygens (including phenoxy) is 1. The number of likely N-dealkylation sites (tertiary alicyclic amines) is 1. The second-order valence-electron chi connectivity index (χ2n) is 7.46. The summed E-state index contributed by atoms with van der Waals surface area (Å²) in [7, 11) is 0. The van der Waals surface area contributed by atoms with Crippen LogP contribution in [0.2, 0.25) is 0 Å². The highest BCUT2D eigenvalue weighted by Gasteiger charge is 2.29. The molecule has 3 N–H and O–H groups in total. The number of nitrogens with one attached hydrogen (secondary N) is 1. The van der Waals surface area contributed by atoms with E-state index in [1.165, 1.54) is 19.3 Å². The van der Waals surface area contributed by atoms with E-state index in [0.29, 0.717) is 18.1 Å². The van der Waals surface area contributed by atoms with Crippen molar-refractivity contribution in [3.05, 3.63) is 0 Å². The van der Waals surface area contributed by atoms with E-state index in [4.69, 9.17) is 10.5 Å². The van der Waals surface area contributed by atoms with E-state index in [1.807, 2.05) is 25.7 Å². The van der Waals surface area contributed by atoms with Gasteiger partial charge in [0.05, 0.1) is 0 Å². The summed E-state index contributed by atoms with van der Waals surface area (Å²) in [6, 6.07) is 1.23. The summed E-state index contributed by atoms with van der Waals surface area (Å²) < 4.78 is 5.43. The lowest BCUT2D eigenvalue weighted by molar-refractivity contribution is 0.0193.